The summed E-state index contributed by atoms with van der Waals surface area (Å²) in [6, 6.07) is 0. The maximum atomic E-state index is 6.40. The largest absolute Gasteiger partial charge is 0.309 e. The zero-order valence-corrected chi connectivity index (χ0v) is 9.56. The molecule has 1 saturated carbocycles. The lowest BCUT2D eigenvalue weighted by atomic mass is 10.0. The topological polar surface area (TPSA) is 29.9 Å². The van der Waals surface area contributed by atoms with Gasteiger partial charge in [0.2, 0.25) is 0 Å². The van der Waals surface area contributed by atoms with Gasteiger partial charge >= 0.3 is 0 Å². The van der Waals surface area contributed by atoms with Crippen LogP contribution in [0.25, 0.3) is 0 Å². The third kappa shape index (κ3) is 1.58. The Morgan fingerprint density at radius 1 is 1.33 bits per heavy atom. The number of aromatic nitrogens is 2. The van der Waals surface area contributed by atoms with Gasteiger partial charge in [0.1, 0.15) is 0 Å². The Bertz CT molecular complexity index is 366. The van der Waals surface area contributed by atoms with E-state index in [9.17, 15) is 0 Å². The summed E-state index contributed by atoms with van der Waals surface area (Å²) in [5.74, 6) is 0.621. The summed E-state index contributed by atoms with van der Waals surface area (Å²) in [5.41, 5.74) is 2.35. The lowest BCUT2D eigenvalue weighted by Gasteiger charge is -2.14. The van der Waals surface area contributed by atoms with Crippen molar-refractivity contribution in [3.05, 3.63) is 16.4 Å². The monoisotopic (exact) mass is 225 g/mol. The molecule has 0 saturated heterocycles. The molecule has 0 spiro atoms. The molecule has 3 nitrogen and oxygen atoms in total. The summed E-state index contributed by atoms with van der Waals surface area (Å²) in [7, 11) is 0. The van der Waals surface area contributed by atoms with Gasteiger partial charge in [-0.05, 0) is 12.8 Å². The Hall–Kier alpha value is -0.540. The number of halogens is 1. The predicted molar refractivity (Wildman–Crippen MR) is 60.2 cm³/mol. The number of rotatable bonds is 1. The third-order valence-corrected chi connectivity index (χ3v) is 3.96. The van der Waals surface area contributed by atoms with E-state index < -0.39 is 0 Å². The maximum absolute atomic E-state index is 6.40. The molecule has 0 radical (unpaired) electrons. The van der Waals surface area contributed by atoms with Crippen LogP contribution in [0.1, 0.15) is 43.0 Å². The van der Waals surface area contributed by atoms with Crippen molar-refractivity contribution in [2.45, 2.75) is 44.7 Å². The normalized spacial score (nSPS) is 21.9. The number of nitrogens with one attached hydrogen (secondary N) is 1. The van der Waals surface area contributed by atoms with Crippen LogP contribution in [0.3, 0.4) is 0 Å². The van der Waals surface area contributed by atoms with Crippen LogP contribution < -0.4 is 5.32 Å². The zero-order chi connectivity index (χ0) is 10.3. The van der Waals surface area contributed by atoms with Crippen LogP contribution in [-0.4, -0.2) is 16.3 Å². The molecule has 82 valence electrons. The van der Waals surface area contributed by atoms with Gasteiger partial charge in [0.25, 0.3) is 0 Å². The molecule has 1 aliphatic carbocycles. The summed E-state index contributed by atoms with van der Waals surface area (Å²) in [4.78, 5) is 0. The van der Waals surface area contributed by atoms with Crippen LogP contribution in [0.4, 0.5) is 0 Å². The minimum absolute atomic E-state index is 0.621. The summed E-state index contributed by atoms with van der Waals surface area (Å²) < 4.78 is 2.09. The fourth-order valence-corrected chi connectivity index (χ4v) is 3.06. The van der Waals surface area contributed by atoms with E-state index >= 15 is 0 Å². The van der Waals surface area contributed by atoms with Gasteiger partial charge in [-0.3, -0.25) is 4.68 Å². The first-order valence-corrected chi connectivity index (χ1v) is 6.20. The van der Waals surface area contributed by atoms with Gasteiger partial charge in [0.15, 0.2) is 0 Å². The smallest absolute Gasteiger partial charge is 0.0866 e. The quantitative estimate of drug-likeness (QED) is 0.795. The summed E-state index contributed by atoms with van der Waals surface area (Å²) >= 11 is 6.40. The highest BCUT2D eigenvalue weighted by Crippen LogP contribution is 2.38. The van der Waals surface area contributed by atoms with Gasteiger partial charge in [-0.25, -0.2) is 0 Å². The van der Waals surface area contributed by atoms with Gasteiger partial charge in [-0.15, -0.1) is 0 Å². The first-order chi connectivity index (χ1) is 7.36. The van der Waals surface area contributed by atoms with Crippen molar-refractivity contribution in [1.82, 2.24) is 15.1 Å². The van der Waals surface area contributed by atoms with Crippen molar-refractivity contribution in [3.8, 4) is 0 Å². The molecule has 4 heteroatoms. The minimum Gasteiger partial charge on any atom is -0.309 e. The van der Waals surface area contributed by atoms with E-state index in [4.69, 9.17) is 11.6 Å². The van der Waals surface area contributed by atoms with E-state index in [-0.39, 0.29) is 0 Å². The highest BCUT2D eigenvalue weighted by molar-refractivity contribution is 6.32. The minimum atomic E-state index is 0.621. The molecule has 0 bridgehead atoms. The molecule has 2 aliphatic rings. The molecule has 15 heavy (non-hydrogen) atoms. The molecule has 1 aromatic rings. The molecule has 2 heterocycles. The van der Waals surface area contributed by atoms with Crippen molar-refractivity contribution >= 4 is 11.6 Å². The van der Waals surface area contributed by atoms with E-state index in [0.717, 1.165) is 30.4 Å². The SMILES string of the molecule is Clc1c(C2CCCC2)nn2c1CNCC2. The van der Waals surface area contributed by atoms with Gasteiger partial charge in [-0.1, -0.05) is 24.4 Å². The Morgan fingerprint density at radius 3 is 2.87 bits per heavy atom. The predicted octanol–water partition coefficient (Wildman–Crippen LogP) is 2.30. The Labute approximate surface area is 94.8 Å². The van der Waals surface area contributed by atoms with Crippen molar-refractivity contribution < 1.29 is 0 Å². The Morgan fingerprint density at radius 2 is 2.13 bits per heavy atom. The van der Waals surface area contributed by atoms with Crippen LogP contribution >= 0.6 is 11.6 Å². The average molecular weight is 226 g/mol. The van der Waals surface area contributed by atoms with Crippen molar-refractivity contribution in [3.63, 3.8) is 0 Å². The first-order valence-electron chi connectivity index (χ1n) is 5.82. The molecule has 3 rings (SSSR count). The number of hydrogen-bond donors (Lipinski definition) is 1. The third-order valence-electron chi connectivity index (χ3n) is 3.55. The second kappa shape index (κ2) is 3.80. The lowest BCUT2D eigenvalue weighted by Crippen LogP contribution is -2.28. The Balaban J connectivity index is 1.97. The van der Waals surface area contributed by atoms with E-state index in [1.54, 1.807) is 0 Å². The molecular weight excluding hydrogens is 210 g/mol. The van der Waals surface area contributed by atoms with Crippen molar-refractivity contribution in [2.24, 2.45) is 0 Å². The van der Waals surface area contributed by atoms with Crippen LogP contribution in [0.15, 0.2) is 0 Å². The van der Waals surface area contributed by atoms with E-state index in [1.807, 2.05) is 0 Å². The van der Waals surface area contributed by atoms with Crippen LogP contribution in [0, 0.1) is 0 Å². The molecule has 0 unspecified atom stereocenters. The molecule has 1 fully saturated rings. The molecule has 0 atom stereocenters. The standard InChI is InChI=1S/C11H16ClN3/c12-10-9-7-13-5-6-15(9)14-11(10)8-3-1-2-4-8/h8,13H,1-7H2. The van der Waals surface area contributed by atoms with Gasteiger partial charge in [0.05, 0.1) is 23.0 Å². The fraction of sp³-hybridized carbons (Fsp3) is 0.727. The van der Waals surface area contributed by atoms with Crippen molar-refractivity contribution in [2.75, 3.05) is 6.54 Å². The summed E-state index contributed by atoms with van der Waals surface area (Å²) in [5, 5.41) is 8.94. The highest BCUT2D eigenvalue weighted by atomic mass is 35.5. The van der Waals surface area contributed by atoms with E-state index in [2.05, 4.69) is 15.1 Å². The second-order valence-electron chi connectivity index (χ2n) is 4.53. The van der Waals surface area contributed by atoms with Gasteiger partial charge < -0.3 is 5.32 Å². The maximum Gasteiger partial charge on any atom is 0.0866 e. The second-order valence-corrected chi connectivity index (χ2v) is 4.91. The van der Waals surface area contributed by atoms with E-state index in [0.29, 0.717) is 5.92 Å². The molecule has 0 amide bonds. The first kappa shape index (κ1) is 9.67. The molecule has 1 aliphatic heterocycles. The summed E-state index contributed by atoms with van der Waals surface area (Å²) in [6.07, 6.45) is 5.20. The molecular formula is C11H16ClN3. The number of nitrogens with zero attached hydrogens (tertiary/aromatic N) is 2. The number of hydrogen-bond acceptors (Lipinski definition) is 2. The van der Waals surface area contributed by atoms with E-state index in [1.165, 1.54) is 31.4 Å². The average Bonchev–Trinajstić information content (AvgIpc) is 2.87. The zero-order valence-electron chi connectivity index (χ0n) is 8.80. The molecule has 1 aromatic heterocycles. The fourth-order valence-electron chi connectivity index (χ4n) is 2.70. The lowest BCUT2D eigenvalue weighted by molar-refractivity contribution is 0.470. The Kier molecular flexibility index (Phi) is 2.45. The van der Waals surface area contributed by atoms with Crippen LogP contribution in [-0.2, 0) is 13.1 Å². The molecule has 1 N–H and O–H groups in total. The number of fused-ring (bicyclic) bond motifs is 1. The molecule has 0 aromatic carbocycles. The summed E-state index contributed by atoms with van der Waals surface area (Å²) in [6.45, 7) is 2.84. The van der Waals surface area contributed by atoms with Crippen molar-refractivity contribution in [1.29, 1.82) is 0 Å². The van der Waals surface area contributed by atoms with Gasteiger partial charge in [0, 0.05) is 19.0 Å². The van der Waals surface area contributed by atoms with Gasteiger partial charge in [-0.2, -0.15) is 5.10 Å². The van der Waals surface area contributed by atoms with Crippen LogP contribution in [0.2, 0.25) is 5.02 Å². The highest BCUT2D eigenvalue weighted by Gasteiger charge is 2.26. The van der Waals surface area contributed by atoms with Crippen LogP contribution in [0.5, 0.6) is 0 Å².